The van der Waals surface area contributed by atoms with Crippen molar-refractivity contribution >= 4 is 0 Å². The SMILES string of the molecule is CC(C)CN(CCN(C)C)Cc1cccnc1C#N. The molecule has 1 heterocycles. The molecule has 0 amide bonds. The van der Waals surface area contributed by atoms with Gasteiger partial charge in [-0.25, -0.2) is 4.98 Å². The molecule has 1 aromatic rings. The number of rotatable bonds is 7. The Morgan fingerprint density at radius 1 is 1.32 bits per heavy atom. The van der Waals surface area contributed by atoms with Gasteiger partial charge in [-0.2, -0.15) is 5.26 Å². The molecule has 0 saturated carbocycles. The average Bonchev–Trinajstić information content (AvgIpc) is 2.36. The molecule has 0 N–H and O–H groups in total. The first-order chi connectivity index (χ1) is 9.02. The Morgan fingerprint density at radius 2 is 2.05 bits per heavy atom. The van der Waals surface area contributed by atoms with Crippen molar-refractivity contribution in [3.8, 4) is 6.07 Å². The first-order valence-electron chi connectivity index (χ1n) is 6.74. The van der Waals surface area contributed by atoms with E-state index in [2.05, 4.69) is 48.8 Å². The first-order valence-corrected chi connectivity index (χ1v) is 6.74. The molecule has 0 aromatic carbocycles. The summed E-state index contributed by atoms with van der Waals surface area (Å²) >= 11 is 0. The highest BCUT2D eigenvalue weighted by Gasteiger charge is 2.11. The van der Waals surface area contributed by atoms with Crippen LogP contribution in [0.25, 0.3) is 0 Å². The van der Waals surface area contributed by atoms with Gasteiger partial charge in [-0.15, -0.1) is 0 Å². The fraction of sp³-hybridized carbons (Fsp3) is 0.600. The minimum Gasteiger partial charge on any atom is -0.308 e. The summed E-state index contributed by atoms with van der Waals surface area (Å²) in [7, 11) is 4.16. The quantitative estimate of drug-likeness (QED) is 0.752. The largest absolute Gasteiger partial charge is 0.308 e. The normalized spacial score (nSPS) is 11.3. The van der Waals surface area contributed by atoms with Crippen LogP contribution in [0.4, 0.5) is 0 Å². The van der Waals surface area contributed by atoms with E-state index in [9.17, 15) is 0 Å². The lowest BCUT2D eigenvalue weighted by Gasteiger charge is -2.26. The van der Waals surface area contributed by atoms with Crippen molar-refractivity contribution in [3.63, 3.8) is 0 Å². The fourth-order valence-electron chi connectivity index (χ4n) is 2.00. The molecule has 0 aliphatic rings. The third-order valence-electron chi connectivity index (χ3n) is 2.88. The van der Waals surface area contributed by atoms with Gasteiger partial charge in [0.15, 0.2) is 0 Å². The van der Waals surface area contributed by atoms with Gasteiger partial charge in [-0.1, -0.05) is 19.9 Å². The highest BCUT2D eigenvalue weighted by atomic mass is 15.2. The van der Waals surface area contributed by atoms with Crippen LogP contribution < -0.4 is 0 Å². The zero-order valence-corrected chi connectivity index (χ0v) is 12.4. The van der Waals surface area contributed by atoms with Crippen molar-refractivity contribution < 1.29 is 0 Å². The number of nitriles is 1. The van der Waals surface area contributed by atoms with Crippen LogP contribution in [0, 0.1) is 17.2 Å². The molecule has 0 fully saturated rings. The second-order valence-electron chi connectivity index (χ2n) is 5.56. The van der Waals surface area contributed by atoms with E-state index in [-0.39, 0.29) is 0 Å². The van der Waals surface area contributed by atoms with Crippen molar-refractivity contribution in [3.05, 3.63) is 29.6 Å². The van der Waals surface area contributed by atoms with Crippen molar-refractivity contribution in [1.29, 1.82) is 5.26 Å². The maximum Gasteiger partial charge on any atom is 0.144 e. The summed E-state index contributed by atoms with van der Waals surface area (Å²) < 4.78 is 0. The van der Waals surface area contributed by atoms with Gasteiger partial charge < -0.3 is 4.90 Å². The highest BCUT2D eigenvalue weighted by molar-refractivity contribution is 5.30. The minimum atomic E-state index is 0.543. The van der Waals surface area contributed by atoms with Gasteiger partial charge in [0.1, 0.15) is 11.8 Å². The molecule has 0 bridgehead atoms. The van der Waals surface area contributed by atoms with Crippen LogP contribution in [0.3, 0.4) is 0 Å². The molecular weight excluding hydrogens is 236 g/mol. The minimum absolute atomic E-state index is 0.543. The Hall–Kier alpha value is -1.44. The molecule has 0 saturated heterocycles. The molecular formula is C15H24N4. The molecule has 0 atom stereocenters. The van der Waals surface area contributed by atoms with Crippen LogP contribution in [0.15, 0.2) is 18.3 Å². The van der Waals surface area contributed by atoms with Gasteiger partial charge in [-0.05, 0) is 26.1 Å². The third kappa shape index (κ3) is 5.82. The number of nitrogens with zero attached hydrogens (tertiary/aromatic N) is 4. The first kappa shape index (κ1) is 15.6. The Morgan fingerprint density at radius 3 is 2.63 bits per heavy atom. The van der Waals surface area contributed by atoms with Crippen LogP contribution >= 0.6 is 0 Å². The molecule has 0 spiro atoms. The zero-order chi connectivity index (χ0) is 14.3. The van der Waals surface area contributed by atoms with Gasteiger partial charge in [0.25, 0.3) is 0 Å². The average molecular weight is 260 g/mol. The van der Waals surface area contributed by atoms with E-state index in [1.807, 2.05) is 12.1 Å². The molecule has 4 heteroatoms. The lowest BCUT2D eigenvalue weighted by Crippen LogP contribution is -2.34. The molecule has 0 radical (unpaired) electrons. The summed E-state index contributed by atoms with van der Waals surface area (Å²) in [5.41, 5.74) is 1.56. The molecule has 4 nitrogen and oxygen atoms in total. The van der Waals surface area contributed by atoms with Gasteiger partial charge in [0, 0.05) is 37.9 Å². The smallest absolute Gasteiger partial charge is 0.144 e. The van der Waals surface area contributed by atoms with Crippen LogP contribution in [-0.2, 0) is 6.54 Å². The van der Waals surface area contributed by atoms with Crippen molar-refractivity contribution in [2.75, 3.05) is 33.7 Å². The number of pyridine rings is 1. The van der Waals surface area contributed by atoms with E-state index >= 15 is 0 Å². The van der Waals surface area contributed by atoms with Crippen molar-refractivity contribution in [2.24, 2.45) is 5.92 Å². The topological polar surface area (TPSA) is 43.2 Å². The predicted octanol–water partition coefficient (Wildman–Crippen LogP) is 1.97. The van der Waals surface area contributed by atoms with Crippen LogP contribution in [0.2, 0.25) is 0 Å². The van der Waals surface area contributed by atoms with Gasteiger partial charge in [-0.3, -0.25) is 4.90 Å². The molecule has 19 heavy (non-hydrogen) atoms. The van der Waals surface area contributed by atoms with Gasteiger partial charge in [0.2, 0.25) is 0 Å². The molecule has 1 rings (SSSR count). The Bertz CT molecular complexity index is 420. The van der Waals surface area contributed by atoms with Gasteiger partial charge in [0.05, 0.1) is 0 Å². The summed E-state index contributed by atoms with van der Waals surface area (Å²) in [6.07, 6.45) is 1.68. The fourth-order valence-corrected chi connectivity index (χ4v) is 2.00. The van der Waals surface area contributed by atoms with E-state index in [0.717, 1.165) is 31.7 Å². The maximum atomic E-state index is 9.09. The van der Waals surface area contributed by atoms with Crippen molar-refractivity contribution in [1.82, 2.24) is 14.8 Å². The van der Waals surface area contributed by atoms with Gasteiger partial charge >= 0.3 is 0 Å². The Labute approximate surface area is 116 Å². The lowest BCUT2D eigenvalue weighted by atomic mass is 10.1. The lowest BCUT2D eigenvalue weighted by molar-refractivity contribution is 0.211. The second-order valence-corrected chi connectivity index (χ2v) is 5.56. The third-order valence-corrected chi connectivity index (χ3v) is 2.88. The number of hydrogen-bond donors (Lipinski definition) is 0. The molecule has 0 aliphatic heterocycles. The summed E-state index contributed by atoms with van der Waals surface area (Å²) in [5.74, 6) is 0.615. The van der Waals surface area contributed by atoms with E-state index in [1.54, 1.807) is 6.20 Å². The standard InChI is InChI=1S/C15H24N4/c1-13(2)11-19(9-8-18(3)4)12-14-6-5-7-17-15(14)10-16/h5-7,13H,8-9,11-12H2,1-4H3. The number of hydrogen-bond acceptors (Lipinski definition) is 4. The molecule has 0 unspecified atom stereocenters. The summed E-state index contributed by atoms with van der Waals surface area (Å²) in [6, 6.07) is 6.06. The number of aromatic nitrogens is 1. The van der Waals surface area contributed by atoms with E-state index < -0.39 is 0 Å². The Kier molecular flexibility index (Phi) is 6.48. The van der Waals surface area contributed by atoms with E-state index in [1.165, 1.54) is 0 Å². The molecule has 104 valence electrons. The maximum absolute atomic E-state index is 9.09. The van der Waals surface area contributed by atoms with Crippen LogP contribution in [0.5, 0.6) is 0 Å². The van der Waals surface area contributed by atoms with Crippen LogP contribution in [0.1, 0.15) is 25.1 Å². The summed E-state index contributed by atoms with van der Waals surface area (Å²) in [5, 5.41) is 9.09. The molecule has 1 aromatic heterocycles. The second kappa shape index (κ2) is 7.88. The summed E-state index contributed by atoms with van der Waals surface area (Å²) in [6.45, 7) is 8.30. The highest BCUT2D eigenvalue weighted by Crippen LogP contribution is 2.10. The summed E-state index contributed by atoms with van der Waals surface area (Å²) in [4.78, 5) is 8.70. The van der Waals surface area contributed by atoms with Crippen LogP contribution in [-0.4, -0.2) is 48.5 Å². The predicted molar refractivity (Wildman–Crippen MR) is 77.6 cm³/mol. The molecule has 0 aliphatic carbocycles. The van der Waals surface area contributed by atoms with Crippen molar-refractivity contribution in [2.45, 2.75) is 20.4 Å². The zero-order valence-electron chi connectivity index (χ0n) is 12.4. The number of likely N-dealkylation sites (N-methyl/N-ethyl adjacent to an activating group) is 1. The van der Waals surface area contributed by atoms with E-state index in [0.29, 0.717) is 11.6 Å². The monoisotopic (exact) mass is 260 g/mol. The van der Waals surface area contributed by atoms with E-state index in [4.69, 9.17) is 5.26 Å². The Balaban J connectivity index is 2.73.